The number of aromatic hydroxyl groups is 2. The van der Waals surface area contributed by atoms with Gasteiger partial charge in [0.2, 0.25) is 0 Å². The van der Waals surface area contributed by atoms with Gasteiger partial charge in [-0.25, -0.2) is 4.98 Å². The Hall–Kier alpha value is -2.63. The number of fused-ring (bicyclic) bond motifs is 1. The Morgan fingerprint density at radius 1 is 1.32 bits per heavy atom. The second-order valence-corrected chi connectivity index (χ2v) is 4.18. The maximum Gasteiger partial charge on any atom is 0.188 e. The predicted octanol–water partition coefficient (Wildman–Crippen LogP) is 1.74. The zero-order chi connectivity index (χ0) is 13.2. The van der Waals surface area contributed by atoms with E-state index in [0.717, 1.165) is 5.69 Å². The van der Waals surface area contributed by atoms with E-state index in [0.29, 0.717) is 18.1 Å². The molecule has 1 aromatic carbocycles. The summed E-state index contributed by atoms with van der Waals surface area (Å²) < 4.78 is 5.71. The molecule has 0 aliphatic carbocycles. The Bertz CT molecular complexity index is 603. The van der Waals surface area contributed by atoms with Crippen molar-refractivity contribution in [3.63, 3.8) is 0 Å². The highest BCUT2D eigenvalue weighted by atomic mass is 16.5. The molecule has 4 N–H and O–H groups in total. The first kappa shape index (κ1) is 11.5. The maximum absolute atomic E-state index is 9.64. The van der Waals surface area contributed by atoms with Crippen molar-refractivity contribution >= 4 is 11.5 Å². The number of anilines is 2. The third-order valence-corrected chi connectivity index (χ3v) is 2.79. The first-order valence-electron chi connectivity index (χ1n) is 5.86. The van der Waals surface area contributed by atoms with Gasteiger partial charge in [0.1, 0.15) is 11.5 Å². The van der Waals surface area contributed by atoms with Crippen LogP contribution in [0.2, 0.25) is 0 Å². The lowest BCUT2D eigenvalue weighted by molar-refractivity contribution is 0.232. The monoisotopic (exact) mass is 259 g/mol. The highest BCUT2D eigenvalue weighted by Crippen LogP contribution is 2.32. The second-order valence-electron chi connectivity index (χ2n) is 4.18. The molecular weight excluding hydrogens is 246 g/mol. The molecule has 0 fully saturated rings. The van der Waals surface area contributed by atoms with Gasteiger partial charge in [-0.3, -0.25) is 0 Å². The van der Waals surface area contributed by atoms with Crippen LogP contribution in [0.4, 0.5) is 11.5 Å². The minimum atomic E-state index is -0.349. The summed E-state index contributed by atoms with van der Waals surface area (Å²) in [5.74, 6) is 1.26. The molecule has 0 spiro atoms. The van der Waals surface area contributed by atoms with E-state index in [1.165, 1.54) is 0 Å². The number of phenolic OH excluding ortho intramolecular Hbond substituents is 1. The molecule has 0 amide bonds. The van der Waals surface area contributed by atoms with Crippen LogP contribution >= 0.6 is 0 Å². The van der Waals surface area contributed by atoms with E-state index >= 15 is 0 Å². The lowest BCUT2D eigenvalue weighted by atomic mass is 10.2. The maximum atomic E-state index is 9.64. The molecule has 1 unspecified atom stereocenters. The van der Waals surface area contributed by atoms with Crippen LogP contribution in [0.3, 0.4) is 0 Å². The van der Waals surface area contributed by atoms with Gasteiger partial charge in [0.25, 0.3) is 0 Å². The second kappa shape index (κ2) is 4.56. The van der Waals surface area contributed by atoms with Crippen molar-refractivity contribution in [2.75, 3.05) is 17.2 Å². The number of nitrogens with zero attached hydrogens (tertiary/aromatic N) is 1. The number of ether oxygens (including phenoxy) is 1. The molecule has 2 heterocycles. The van der Waals surface area contributed by atoms with Gasteiger partial charge in [-0.1, -0.05) is 0 Å². The number of benzene rings is 1. The van der Waals surface area contributed by atoms with E-state index in [1.807, 2.05) is 0 Å². The SMILES string of the molecule is Oc1ccc2c(c1)NCC(Nc1ncccc1O)O2. The molecular formula is C13H13N3O3. The summed E-state index contributed by atoms with van der Waals surface area (Å²) in [6.07, 6.45) is 1.24. The van der Waals surface area contributed by atoms with E-state index in [2.05, 4.69) is 15.6 Å². The van der Waals surface area contributed by atoms with Crippen molar-refractivity contribution in [1.82, 2.24) is 4.98 Å². The fourth-order valence-electron chi connectivity index (χ4n) is 1.90. The molecule has 0 saturated carbocycles. The average molecular weight is 259 g/mol. The van der Waals surface area contributed by atoms with Gasteiger partial charge in [0.15, 0.2) is 17.8 Å². The largest absolute Gasteiger partial charge is 0.508 e. The van der Waals surface area contributed by atoms with Crippen LogP contribution in [0.25, 0.3) is 0 Å². The number of rotatable bonds is 2. The molecule has 0 saturated heterocycles. The molecule has 3 rings (SSSR count). The van der Waals surface area contributed by atoms with Crippen LogP contribution in [0.1, 0.15) is 0 Å². The Morgan fingerprint density at radius 3 is 3.05 bits per heavy atom. The minimum absolute atomic E-state index is 0.0719. The van der Waals surface area contributed by atoms with Gasteiger partial charge in [0, 0.05) is 12.3 Å². The normalized spacial score (nSPS) is 16.9. The highest BCUT2D eigenvalue weighted by Gasteiger charge is 2.20. The van der Waals surface area contributed by atoms with E-state index in [1.54, 1.807) is 36.5 Å². The van der Waals surface area contributed by atoms with Crippen molar-refractivity contribution in [3.8, 4) is 17.2 Å². The fraction of sp³-hybridized carbons (Fsp3) is 0.154. The first-order valence-corrected chi connectivity index (χ1v) is 5.86. The first-order chi connectivity index (χ1) is 9.22. The van der Waals surface area contributed by atoms with Crippen molar-refractivity contribution in [2.45, 2.75) is 6.23 Å². The molecule has 6 heteroatoms. The quantitative estimate of drug-likeness (QED) is 0.657. The Kier molecular flexibility index (Phi) is 2.75. The van der Waals surface area contributed by atoms with Gasteiger partial charge >= 0.3 is 0 Å². The summed E-state index contributed by atoms with van der Waals surface area (Å²) >= 11 is 0. The Labute approximate surface area is 109 Å². The van der Waals surface area contributed by atoms with Crippen molar-refractivity contribution in [3.05, 3.63) is 36.5 Å². The number of aromatic nitrogens is 1. The van der Waals surface area contributed by atoms with E-state index in [9.17, 15) is 10.2 Å². The molecule has 1 aliphatic heterocycles. The fourth-order valence-corrected chi connectivity index (χ4v) is 1.90. The Balaban J connectivity index is 1.76. The molecule has 0 bridgehead atoms. The van der Waals surface area contributed by atoms with Crippen LogP contribution in [0, 0.1) is 0 Å². The van der Waals surface area contributed by atoms with Crippen LogP contribution in [-0.2, 0) is 0 Å². The van der Waals surface area contributed by atoms with E-state index < -0.39 is 0 Å². The smallest absolute Gasteiger partial charge is 0.188 e. The van der Waals surface area contributed by atoms with Gasteiger partial charge in [-0.05, 0) is 24.3 Å². The third kappa shape index (κ3) is 2.33. The van der Waals surface area contributed by atoms with Gasteiger partial charge in [-0.15, -0.1) is 0 Å². The number of phenols is 1. The molecule has 1 atom stereocenters. The molecule has 2 aromatic rings. The molecule has 19 heavy (non-hydrogen) atoms. The van der Waals surface area contributed by atoms with Crippen LogP contribution in [0.5, 0.6) is 17.2 Å². The number of hydrogen-bond donors (Lipinski definition) is 4. The van der Waals surface area contributed by atoms with E-state index in [-0.39, 0.29) is 17.7 Å². The number of nitrogens with one attached hydrogen (secondary N) is 2. The summed E-state index contributed by atoms with van der Waals surface area (Å²) in [5, 5.41) is 25.1. The lowest BCUT2D eigenvalue weighted by Crippen LogP contribution is -2.37. The number of hydrogen-bond acceptors (Lipinski definition) is 6. The summed E-state index contributed by atoms with van der Waals surface area (Å²) in [6, 6.07) is 8.05. The summed E-state index contributed by atoms with van der Waals surface area (Å²) in [4.78, 5) is 4.03. The van der Waals surface area contributed by atoms with Gasteiger partial charge < -0.3 is 25.6 Å². The molecule has 6 nitrogen and oxygen atoms in total. The van der Waals surface area contributed by atoms with Crippen molar-refractivity contribution < 1.29 is 14.9 Å². The molecule has 98 valence electrons. The zero-order valence-corrected chi connectivity index (χ0v) is 10.00. The van der Waals surface area contributed by atoms with Crippen LogP contribution in [-0.4, -0.2) is 28.0 Å². The summed E-state index contributed by atoms with van der Waals surface area (Å²) in [5.41, 5.74) is 0.739. The zero-order valence-electron chi connectivity index (χ0n) is 10.00. The lowest BCUT2D eigenvalue weighted by Gasteiger charge is -2.28. The predicted molar refractivity (Wildman–Crippen MR) is 70.5 cm³/mol. The van der Waals surface area contributed by atoms with Crippen LogP contribution < -0.4 is 15.4 Å². The van der Waals surface area contributed by atoms with Crippen LogP contribution in [0.15, 0.2) is 36.5 Å². The molecule has 0 radical (unpaired) electrons. The average Bonchev–Trinajstić information content (AvgIpc) is 2.41. The molecule has 1 aliphatic rings. The Morgan fingerprint density at radius 2 is 2.21 bits per heavy atom. The van der Waals surface area contributed by atoms with Gasteiger partial charge in [0.05, 0.1) is 12.2 Å². The highest BCUT2D eigenvalue weighted by molar-refractivity contribution is 5.61. The summed E-state index contributed by atoms with van der Waals surface area (Å²) in [6.45, 7) is 0.493. The standard InChI is InChI=1S/C13H13N3O3/c17-8-3-4-11-9(6-8)15-7-12(19-11)16-13-10(18)2-1-5-14-13/h1-6,12,15,17-18H,7H2,(H,14,16). The minimum Gasteiger partial charge on any atom is -0.508 e. The topological polar surface area (TPSA) is 86.6 Å². The molecule has 1 aromatic heterocycles. The third-order valence-electron chi connectivity index (χ3n) is 2.79. The van der Waals surface area contributed by atoms with Gasteiger partial charge in [-0.2, -0.15) is 0 Å². The van der Waals surface area contributed by atoms with Crippen molar-refractivity contribution in [2.24, 2.45) is 0 Å². The van der Waals surface area contributed by atoms with Crippen molar-refractivity contribution in [1.29, 1.82) is 0 Å². The summed E-state index contributed by atoms with van der Waals surface area (Å²) in [7, 11) is 0. The number of pyridine rings is 1. The van der Waals surface area contributed by atoms with E-state index in [4.69, 9.17) is 4.74 Å².